The Morgan fingerprint density at radius 3 is 2.08 bits per heavy atom. The second kappa shape index (κ2) is 21.4. The van der Waals surface area contributed by atoms with E-state index in [1.807, 2.05) is 0 Å². The van der Waals surface area contributed by atoms with Crippen molar-refractivity contribution in [2.24, 2.45) is 23.2 Å². The number of hydrogen-bond acceptors (Lipinski definition) is 4. The minimum absolute atomic E-state index is 0.0671. The molecule has 0 saturated carbocycles. The molecule has 4 heteroatoms. The van der Waals surface area contributed by atoms with Gasteiger partial charge in [-0.15, -0.1) is 23.1 Å². The van der Waals surface area contributed by atoms with Crippen LogP contribution in [0.4, 0.5) is 17.1 Å². The summed E-state index contributed by atoms with van der Waals surface area (Å²) in [6, 6.07) is 54.2. The Morgan fingerprint density at radius 1 is 0.688 bits per heavy atom. The van der Waals surface area contributed by atoms with Crippen molar-refractivity contribution >= 4 is 60.3 Å². The molecule has 13 rings (SSSR count). The fourth-order valence-electron chi connectivity index (χ4n) is 15.7. The zero-order valence-corrected chi connectivity index (χ0v) is 50.3. The van der Waals surface area contributed by atoms with Gasteiger partial charge >= 0.3 is 0 Å². The molecule has 408 valence electrons. The predicted octanol–water partition coefficient (Wildman–Crippen LogP) is 21.6. The highest BCUT2D eigenvalue weighted by Gasteiger charge is 2.62. The number of fused-ring (bicyclic) bond motifs is 10. The van der Waals surface area contributed by atoms with Crippen LogP contribution in [0.1, 0.15) is 164 Å². The lowest BCUT2D eigenvalue weighted by Gasteiger charge is -2.48. The second-order valence-corrected chi connectivity index (χ2v) is 28.9. The third-order valence-corrected chi connectivity index (χ3v) is 22.4. The fraction of sp³-hybridized carbons (Fsp3) is 0.368. The quantitative estimate of drug-likeness (QED) is 0.116. The summed E-state index contributed by atoms with van der Waals surface area (Å²) in [4.78, 5) is 4.46. The highest BCUT2D eigenvalue weighted by molar-refractivity contribution is 8.04. The van der Waals surface area contributed by atoms with Crippen molar-refractivity contribution in [3.05, 3.63) is 243 Å². The number of anilines is 3. The lowest BCUT2D eigenvalue weighted by molar-refractivity contribution is 0.193. The lowest BCUT2D eigenvalue weighted by Crippen LogP contribution is -2.46. The first-order valence-corrected chi connectivity index (χ1v) is 32.1. The Balaban J connectivity index is 1.08. The number of thiophene rings is 1. The Morgan fingerprint density at radius 2 is 1.39 bits per heavy atom. The fourth-order valence-corrected chi connectivity index (χ4v) is 18.7. The molecule has 5 aliphatic carbocycles. The van der Waals surface area contributed by atoms with Gasteiger partial charge in [0.2, 0.25) is 0 Å². The third kappa shape index (κ3) is 9.33. The Kier molecular flexibility index (Phi) is 14.2. The molecular weight excluding hydrogens is 1000 g/mol. The normalized spacial score (nSPS) is 24.4. The van der Waals surface area contributed by atoms with Gasteiger partial charge in [0.15, 0.2) is 0 Å². The van der Waals surface area contributed by atoms with Crippen molar-refractivity contribution in [1.29, 1.82) is 0 Å². The lowest BCUT2D eigenvalue weighted by atomic mass is 9.58. The van der Waals surface area contributed by atoms with E-state index >= 15 is 0 Å². The highest BCUT2D eigenvalue weighted by Crippen LogP contribution is 2.71. The van der Waals surface area contributed by atoms with Crippen molar-refractivity contribution in [1.82, 2.24) is 0 Å². The minimum Gasteiger partial charge on any atom is -0.355 e. The minimum atomic E-state index is -0.419. The summed E-state index contributed by atoms with van der Waals surface area (Å²) in [7, 11) is 0. The topological polar surface area (TPSA) is 15.3 Å². The molecule has 0 amide bonds. The molecule has 7 aromatic rings. The molecule has 0 saturated heterocycles. The monoisotopic (exact) mass is 1090 g/mol. The third-order valence-electron chi connectivity index (χ3n) is 19.6. The van der Waals surface area contributed by atoms with Crippen LogP contribution >= 0.6 is 23.1 Å². The summed E-state index contributed by atoms with van der Waals surface area (Å²) >= 11 is 4.36. The number of nitrogens with one attached hydrogen (secondary N) is 1. The molecular formula is C76H82N2S2. The first-order chi connectivity index (χ1) is 38.8. The number of thioether (sulfide) groups is 1. The molecule has 2 nitrogen and oxygen atoms in total. The molecule has 0 fully saturated rings. The van der Waals surface area contributed by atoms with E-state index in [9.17, 15) is 0 Å². The number of rotatable bonds is 13. The molecule has 9 atom stereocenters. The Hall–Kier alpha value is -6.07. The van der Waals surface area contributed by atoms with Gasteiger partial charge in [0.1, 0.15) is 0 Å². The van der Waals surface area contributed by atoms with E-state index < -0.39 is 5.41 Å². The van der Waals surface area contributed by atoms with Crippen molar-refractivity contribution in [2.45, 2.75) is 153 Å². The maximum atomic E-state index is 4.22. The van der Waals surface area contributed by atoms with E-state index in [2.05, 4.69) is 277 Å². The molecule has 1 aliphatic heterocycles. The number of benzene rings is 6. The molecule has 6 aliphatic rings. The van der Waals surface area contributed by atoms with E-state index in [-0.39, 0.29) is 28.7 Å². The average molecular weight is 1090 g/mol. The summed E-state index contributed by atoms with van der Waals surface area (Å²) in [5, 5.41) is 7.62. The molecule has 2 heterocycles. The SMILES string of the molecule is CC(CC(CC(C)c1cccc2sc3c4c(cc(Nc5ccccc5)c3c12)C(C1=CCCC=C1)(c1ccccc1)C1CC(N(C2=CCCC=C2)c2ccc(C(C)(C)C)cc2)C2=C(C3C=CCCC3S2)C41)C(C)(C)C)c1ccccc1. The zero-order chi connectivity index (χ0) is 54.9. The van der Waals surface area contributed by atoms with Gasteiger partial charge in [-0.2, -0.15) is 0 Å². The summed E-state index contributed by atoms with van der Waals surface area (Å²) < 4.78 is 2.89. The van der Waals surface area contributed by atoms with E-state index in [0.29, 0.717) is 28.9 Å². The van der Waals surface area contributed by atoms with Gasteiger partial charge in [-0.1, -0.05) is 201 Å². The van der Waals surface area contributed by atoms with E-state index in [0.717, 1.165) is 50.6 Å². The number of hydrogen-bond donors (Lipinski definition) is 1. The smallest absolute Gasteiger partial charge is 0.0653 e. The Bertz CT molecular complexity index is 3610. The van der Waals surface area contributed by atoms with Gasteiger partial charge in [0.05, 0.1) is 6.04 Å². The molecule has 0 bridgehead atoms. The van der Waals surface area contributed by atoms with Crippen LogP contribution in [0.15, 0.2) is 210 Å². The number of para-hydroxylation sites is 1. The highest BCUT2D eigenvalue weighted by atomic mass is 32.2. The second-order valence-electron chi connectivity index (χ2n) is 26.6. The maximum absolute atomic E-state index is 4.22. The van der Waals surface area contributed by atoms with Crippen molar-refractivity contribution in [2.75, 3.05) is 10.2 Å². The first-order valence-electron chi connectivity index (χ1n) is 30.4. The van der Waals surface area contributed by atoms with Crippen LogP contribution in [-0.4, -0.2) is 11.3 Å². The van der Waals surface area contributed by atoms with Crippen LogP contribution < -0.4 is 10.2 Å². The van der Waals surface area contributed by atoms with Crippen LogP contribution in [-0.2, 0) is 10.8 Å². The summed E-state index contributed by atoms with van der Waals surface area (Å²) in [6.07, 6.45) is 30.4. The van der Waals surface area contributed by atoms with Gasteiger partial charge < -0.3 is 10.2 Å². The standard InChI is InChI=1S/C76H82N2S2/c1-49(51-27-14-9-15-28-51)45-55(75(6,7)8)46-50(2)59-38-26-40-66-67(59)71-63(77-56-33-20-12-21-34-56)47-61-70(73(71)80-66)69-62(76(61,53-29-16-10-17-30-53)54-31-18-11-19-32-54)48-64(72-68(69)60-37-24-25-39-65(60)79-72)78(57-35-22-13-23-36-57)58-43-41-52(42-44-58)74(3,4)5/h9-10,12,14-18,20-22,24,26-38,40-44,47,49-50,55,60,62,64-65,69,77H,11,13,19,23,25,39,45-46,48H2,1-8H3. The summed E-state index contributed by atoms with van der Waals surface area (Å²) in [5.74, 6) is 2.23. The van der Waals surface area contributed by atoms with Crippen molar-refractivity contribution in [3.63, 3.8) is 0 Å². The van der Waals surface area contributed by atoms with E-state index in [1.54, 1.807) is 16.0 Å². The molecule has 80 heavy (non-hydrogen) atoms. The van der Waals surface area contributed by atoms with Crippen LogP contribution in [0.25, 0.3) is 20.2 Å². The van der Waals surface area contributed by atoms with Crippen LogP contribution in [0.3, 0.4) is 0 Å². The van der Waals surface area contributed by atoms with Gasteiger partial charge in [0, 0.05) is 70.3 Å². The molecule has 0 radical (unpaired) electrons. The summed E-state index contributed by atoms with van der Waals surface area (Å²) in [6.45, 7) is 19.5. The number of allylic oxidation sites excluding steroid dienone is 10. The predicted molar refractivity (Wildman–Crippen MR) is 347 cm³/mol. The van der Waals surface area contributed by atoms with Crippen molar-refractivity contribution in [3.8, 4) is 0 Å². The van der Waals surface area contributed by atoms with Gasteiger partial charge in [0.25, 0.3) is 0 Å². The van der Waals surface area contributed by atoms with Gasteiger partial charge in [-0.25, -0.2) is 0 Å². The van der Waals surface area contributed by atoms with Crippen LogP contribution in [0.2, 0.25) is 0 Å². The van der Waals surface area contributed by atoms with Crippen LogP contribution in [0, 0.1) is 23.2 Å². The largest absolute Gasteiger partial charge is 0.355 e. The van der Waals surface area contributed by atoms with Gasteiger partial charge in [-0.3, -0.25) is 0 Å². The van der Waals surface area contributed by atoms with Crippen LogP contribution in [0.5, 0.6) is 0 Å². The molecule has 6 aromatic carbocycles. The maximum Gasteiger partial charge on any atom is 0.0653 e. The summed E-state index contributed by atoms with van der Waals surface area (Å²) in [5.41, 5.74) is 16.9. The van der Waals surface area contributed by atoms with E-state index in [4.69, 9.17) is 0 Å². The van der Waals surface area contributed by atoms with Crippen molar-refractivity contribution < 1.29 is 0 Å². The zero-order valence-electron chi connectivity index (χ0n) is 48.6. The molecule has 1 aromatic heterocycles. The Labute approximate surface area is 487 Å². The van der Waals surface area contributed by atoms with Gasteiger partial charge in [-0.05, 0) is 179 Å². The van der Waals surface area contributed by atoms with E-state index in [1.165, 1.54) is 83.5 Å². The molecule has 0 spiro atoms. The molecule has 9 unspecified atom stereocenters. The first kappa shape index (κ1) is 53.3. The number of nitrogens with zero attached hydrogens (tertiary/aromatic N) is 1. The molecule has 1 N–H and O–H groups in total. The average Bonchev–Trinajstić information content (AvgIpc) is 2.69.